The highest BCUT2D eigenvalue weighted by atomic mass is 79.9. The predicted octanol–water partition coefficient (Wildman–Crippen LogP) is 3.86. The van der Waals surface area contributed by atoms with E-state index in [0.29, 0.717) is 13.0 Å². The number of hydrogen-bond acceptors (Lipinski definition) is 4. The molecule has 0 spiro atoms. The number of hydrogen-bond donors (Lipinski definition) is 0. The van der Waals surface area contributed by atoms with Gasteiger partial charge >= 0.3 is 0 Å². The van der Waals surface area contributed by atoms with Crippen LogP contribution < -0.4 is 0 Å². The molecule has 0 fully saturated rings. The lowest BCUT2D eigenvalue weighted by atomic mass is 10.1. The molecule has 0 aliphatic rings. The van der Waals surface area contributed by atoms with E-state index in [-0.39, 0.29) is 15.8 Å². The van der Waals surface area contributed by atoms with Gasteiger partial charge in [0, 0.05) is 31.2 Å². The summed E-state index contributed by atoms with van der Waals surface area (Å²) in [7, 11) is -4.56. The van der Waals surface area contributed by atoms with E-state index in [1.807, 2.05) is 38.1 Å². The van der Waals surface area contributed by atoms with E-state index >= 15 is 0 Å². The van der Waals surface area contributed by atoms with Gasteiger partial charge in [0.25, 0.3) is 0 Å². The monoisotopic (exact) mass is 488 g/mol. The highest BCUT2D eigenvalue weighted by Gasteiger charge is 2.30. The van der Waals surface area contributed by atoms with Crippen molar-refractivity contribution in [3.05, 3.63) is 58.6 Å². The Bertz CT molecular complexity index is 1020. The van der Waals surface area contributed by atoms with Crippen LogP contribution in [0.25, 0.3) is 0 Å². The first-order valence-electron chi connectivity index (χ1n) is 8.82. The van der Waals surface area contributed by atoms with E-state index in [9.17, 15) is 16.8 Å². The molecule has 0 amide bonds. The normalized spacial score (nSPS) is 13.8. The van der Waals surface area contributed by atoms with Gasteiger partial charge in [0.05, 0.1) is 9.79 Å². The molecule has 0 saturated carbocycles. The molecule has 0 bridgehead atoms. The molecule has 0 aliphatic carbocycles. The van der Waals surface area contributed by atoms with Crippen molar-refractivity contribution in [3.8, 4) is 0 Å². The molecule has 6 nitrogen and oxygen atoms in total. The second-order valence-electron chi connectivity index (χ2n) is 6.57. The van der Waals surface area contributed by atoms with Crippen LogP contribution in [0.3, 0.4) is 0 Å². The zero-order valence-corrected chi connectivity index (χ0v) is 19.6. The fourth-order valence-electron chi connectivity index (χ4n) is 2.84. The van der Waals surface area contributed by atoms with Crippen LogP contribution in [-0.2, 0) is 20.0 Å². The van der Waals surface area contributed by atoms with Crippen molar-refractivity contribution in [2.24, 2.45) is 0 Å². The predicted molar refractivity (Wildman–Crippen MR) is 114 cm³/mol. The fourth-order valence-corrected chi connectivity index (χ4v) is 6.06. The third kappa shape index (κ3) is 4.65. The summed E-state index contributed by atoms with van der Waals surface area (Å²) < 4.78 is 54.4. The van der Waals surface area contributed by atoms with Crippen molar-refractivity contribution in [2.45, 2.75) is 36.1 Å². The summed E-state index contributed by atoms with van der Waals surface area (Å²) in [5, 5.41) is 0. The summed E-state index contributed by atoms with van der Waals surface area (Å²) >= 11 is 3.49. The van der Waals surface area contributed by atoms with Crippen molar-refractivity contribution in [1.29, 1.82) is 0 Å². The largest absolute Gasteiger partial charge is 0.243 e. The third-order valence-electron chi connectivity index (χ3n) is 4.44. The summed E-state index contributed by atoms with van der Waals surface area (Å²) in [6, 6.07) is 12.5. The number of halogens is 1. The van der Waals surface area contributed by atoms with Crippen LogP contribution in [0.5, 0.6) is 0 Å². The molecule has 0 N–H and O–H groups in total. The molecule has 2 aromatic carbocycles. The van der Waals surface area contributed by atoms with Gasteiger partial charge in [-0.1, -0.05) is 41.1 Å². The second kappa shape index (κ2) is 9.04. The Hall–Kier alpha value is -1.26. The molecule has 0 aliphatic heterocycles. The lowest BCUT2D eigenvalue weighted by molar-refractivity contribution is 0.341. The van der Waals surface area contributed by atoms with Crippen LogP contribution in [0, 0.1) is 0 Å². The summed E-state index contributed by atoms with van der Waals surface area (Å²) in [4.78, 5) is 0.120. The van der Waals surface area contributed by atoms with Gasteiger partial charge < -0.3 is 0 Å². The molecule has 0 unspecified atom stereocenters. The standard InChI is InChI=1S/C19H25BrN2O4S2/c1-5-14-22(15(2)18-8-6-7-9-19(18)20)28(25,26)17-12-10-16(11-13-17)27(23,24)21(3)4/h6-13,15H,5,14H2,1-4H3/t15-/m0/s1. The molecule has 28 heavy (non-hydrogen) atoms. The Morgan fingerprint density at radius 3 is 1.86 bits per heavy atom. The summed E-state index contributed by atoms with van der Waals surface area (Å²) in [5.41, 5.74) is 0.867. The Labute approximate surface area is 176 Å². The van der Waals surface area contributed by atoms with Crippen LogP contribution in [0.15, 0.2) is 62.8 Å². The smallest absolute Gasteiger partial charge is 0.207 e. The number of rotatable bonds is 8. The third-order valence-corrected chi connectivity index (χ3v) is 8.98. The average Bonchev–Trinajstić information content (AvgIpc) is 2.65. The van der Waals surface area contributed by atoms with Crippen LogP contribution in [0.4, 0.5) is 0 Å². The molecule has 2 aromatic rings. The van der Waals surface area contributed by atoms with E-state index < -0.39 is 20.0 Å². The van der Waals surface area contributed by atoms with Crippen molar-refractivity contribution < 1.29 is 16.8 Å². The van der Waals surface area contributed by atoms with Crippen LogP contribution in [0.2, 0.25) is 0 Å². The summed E-state index contributed by atoms with van der Waals surface area (Å²) in [5.74, 6) is 0. The SMILES string of the molecule is CCCN([C@@H](C)c1ccccc1Br)S(=O)(=O)c1ccc(S(=O)(=O)N(C)C)cc1. The maximum absolute atomic E-state index is 13.3. The van der Waals surface area contributed by atoms with Gasteiger partial charge in [0.2, 0.25) is 20.0 Å². The average molecular weight is 489 g/mol. The lowest BCUT2D eigenvalue weighted by Gasteiger charge is -2.29. The Kier molecular flexibility index (Phi) is 7.44. The van der Waals surface area contributed by atoms with Gasteiger partial charge in [0.1, 0.15) is 0 Å². The zero-order valence-electron chi connectivity index (χ0n) is 16.3. The van der Waals surface area contributed by atoms with Crippen molar-refractivity contribution in [1.82, 2.24) is 8.61 Å². The Balaban J connectivity index is 2.45. The first-order chi connectivity index (χ1) is 13.0. The molecule has 9 heteroatoms. The van der Waals surface area contributed by atoms with Gasteiger partial charge in [-0.2, -0.15) is 4.31 Å². The molecule has 0 heterocycles. The topological polar surface area (TPSA) is 74.8 Å². The summed E-state index contributed by atoms with van der Waals surface area (Å²) in [6.07, 6.45) is 0.654. The zero-order chi connectivity index (χ0) is 21.1. The molecule has 1 atom stereocenters. The minimum Gasteiger partial charge on any atom is -0.207 e. The van der Waals surface area contributed by atoms with Gasteiger partial charge in [-0.3, -0.25) is 0 Å². The number of benzene rings is 2. The highest BCUT2D eigenvalue weighted by molar-refractivity contribution is 9.10. The van der Waals surface area contributed by atoms with Gasteiger partial charge in [-0.05, 0) is 49.2 Å². The fraction of sp³-hybridized carbons (Fsp3) is 0.368. The number of sulfonamides is 2. The maximum atomic E-state index is 13.3. The molecular formula is C19H25BrN2O4S2. The van der Waals surface area contributed by atoms with Gasteiger partial charge in [-0.25, -0.2) is 21.1 Å². The second-order valence-corrected chi connectivity index (χ2v) is 11.5. The van der Waals surface area contributed by atoms with Crippen molar-refractivity contribution >= 4 is 36.0 Å². The Morgan fingerprint density at radius 1 is 0.893 bits per heavy atom. The molecule has 154 valence electrons. The van der Waals surface area contributed by atoms with E-state index in [0.717, 1.165) is 14.3 Å². The van der Waals surface area contributed by atoms with Gasteiger partial charge in [-0.15, -0.1) is 0 Å². The van der Waals surface area contributed by atoms with Crippen LogP contribution >= 0.6 is 15.9 Å². The van der Waals surface area contributed by atoms with E-state index in [4.69, 9.17) is 0 Å². The van der Waals surface area contributed by atoms with Gasteiger partial charge in [0.15, 0.2) is 0 Å². The van der Waals surface area contributed by atoms with Crippen LogP contribution in [-0.4, -0.2) is 46.1 Å². The molecule has 0 radical (unpaired) electrons. The minimum absolute atomic E-state index is 0.0531. The lowest BCUT2D eigenvalue weighted by Crippen LogP contribution is -2.34. The van der Waals surface area contributed by atoms with E-state index in [1.165, 1.54) is 42.7 Å². The van der Waals surface area contributed by atoms with Crippen LogP contribution in [0.1, 0.15) is 31.9 Å². The summed E-state index contributed by atoms with van der Waals surface area (Å²) in [6.45, 7) is 4.11. The quantitative estimate of drug-likeness (QED) is 0.565. The minimum atomic E-state index is -3.81. The Morgan fingerprint density at radius 2 is 1.39 bits per heavy atom. The van der Waals surface area contributed by atoms with E-state index in [2.05, 4.69) is 15.9 Å². The molecule has 0 aromatic heterocycles. The van der Waals surface area contributed by atoms with Crippen molar-refractivity contribution in [2.75, 3.05) is 20.6 Å². The first kappa shape index (κ1) is 23.0. The maximum Gasteiger partial charge on any atom is 0.243 e. The highest BCUT2D eigenvalue weighted by Crippen LogP contribution is 2.32. The van der Waals surface area contributed by atoms with E-state index in [1.54, 1.807) is 0 Å². The molecular weight excluding hydrogens is 464 g/mol. The molecule has 2 rings (SSSR count). The first-order valence-corrected chi connectivity index (χ1v) is 12.5. The molecule has 0 saturated heterocycles. The van der Waals surface area contributed by atoms with Crippen molar-refractivity contribution in [3.63, 3.8) is 0 Å². The number of nitrogens with zero attached hydrogens (tertiary/aromatic N) is 2.